The maximum atomic E-state index is 8.83. The third-order valence-electron chi connectivity index (χ3n) is 2.49. The van der Waals surface area contributed by atoms with Gasteiger partial charge in [0, 0.05) is 16.8 Å². The van der Waals surface area contributed by atoms with Gasteiger partial charge in [-0.05, 0) is 32.0 Å². The first kappa shape index (κ1) is 13.3. The first-order chi connectivity index (χ1) is 9.10. The fourth-order valence-electron chi connectivity index (χ4n) is 1.55. The Morgan fingerprint density at radius 1 is 1.32 bits per heavy atom. The van der Waals surface area contributed by atoms with Crippen molar-refractivity contribution in [3.05, 3.63) is 41.3 Å². The zero-order chi connectivity index (χ0) is 13.8. The van der Waals surface area contributed by atoms with Crippen molar-refractivity contribution in [3.8, 4) is 23.1 Å². The summed E-state index contributed by atoms with van der Waals surface area (Å²) in [6, 6.07) is 7.25. The zero-order valence-corrected chi connectivity index (χ0v) is 11.3. The number of aromatic nitrogens is 2. The fourth-order valence-corrected chi connectivity index (χ4v) is 1.72. The van der Waals surface area contributed by atoms with E-state index in [9.17, 15) is 0 Å². The molecule has 1 aromatic heterocycles. The van der Waals surface area contributed by atoms with Crippen LogP contribution < -0.4 is 4.74 Å². The Morgan fingerprint density at radius 2 is 2.11 bits per heavy atom. The van der Waals surface area contributed by atoms with Crippen LogP contribution in [0.25, 0.3) is 11.3 Å². The molecular weight excluding hydrogens is 262 g/mol. The lowest BCUT2D eigenvalue weighted by atomic mass is 10.1. The first-order valence-electron chi connectivity index (χ1n) is 5.75. The molecule has 19 heavy (non-hydrogen) atoms. The monoisotopic (exact) mass is 273 g/mol. The largest absolute Gasteiger partial charge is 0.475 e. The van der Waals surface area contributed by atoms with Crippen molar-refractivity contribution in [2.45, 2.75) is 20.0 Å². The Morgan fingerprint density at radius 3 is 2.74 bits per heavy atom. The average molecular weight is 274 g/mol. The summed E-state index contributed by atoms with van der Waals surface area (Å²) in [6.07, 6.45) is 2.79. The van der Waals surface area contributed by atoms with Crippen molar-refractivity contribution >= 4 is 11.6 Å². The fraction of sp³-hybridized carbons (Fsp3) is 0.214. The summed E-state index contributed by atoms with van der Waals surface area (Å²) in [6.45, 7) is 3.54. The smallest absolute Gasteiger partial charge is 0.181 e. The van der Waals surface area contributed by atoms with E-state index in [1.807, 2.05) is 13.0 Å². The SMILES string of the molecule is Cc1cnc(-c2ccc(Cl)cc2OC(C)C#N)cn1. The summed E-state index contributed by atoms with van der Waals surface area (Å²) < 4.78 is 5.55. The minimum Gasteiger partial charge on any atom is -0.475 e. The standard InChI is InChI=1S/C14H12ClN3O/c1-9-7-18-13(8-17-9)12-4-3-11(15)5-14(12)19-10(2)6-16/h3-5,7-8,10H,1-2H3. The summed E-state index contributed by atoms with van der Waals surface area (Å²) in [7, 11) is 0. The summed E-state index contributed by atoms with van der Waals surface area (Å²) in [4.78, 5) is 8.51. The van der Waals surface area contributed by atoms with Crippen LogP contribution in [0.15, 0.2) is 30.6 Å². The van der Waals surface area contributed by atoms with Gasteiger partial charge in [-0.15, -0.1) is 0 Å². The van der Waals surface area contributed by atoms with Crippen LogP contribution >= 0.6 is 11.6 Å². The Balaban J connectivity index is 2.45. The predicted molar refractivity (Wildman–Crippen MR) is 72.9 cm³/mol. The quantitative estimate of drug-likeness (QED) is 0.860. The number of halogens is 1. The van der Waals surface area contributed by atoms with Crippen LogP contribution in [0.2, 0.25) is 5.02 Å². The minimum atomic E-state index is -0.560. The van der Waals surface area contributed by atoms with Crippen LogP contribution in [0.5, 0.6) is 5.75 Å². The maximum Gasteiger partial charge on any atom is 0.181 e. The van der Waals surface area contributed by atoms with Crippen LogP contribution in [-0.4, -0.2) is 16.1 Å². The Hall–Kier alpha value is -2.12. The summed E-state index contributed by atoms with van der Waals surface area (Å²) in [5.41, 5.74) is 2.28. The molecule has 0 bridgehead atoms. The molecule has 0 saturated heterocycles. The molecule has 0 amide bonds. The molecule has 2 aromatic rings. The highest BCUT2D eigenvalue weighted by atomic mass is 35.5. The van der Waals surface area contributed by atoms with E-state index >= 15 is 0 Å². The molecule has 2 rings (SSSR count). The van der Waals surface area contributed by atoms with Gasteiger partial charge in [-0.1, -0.05) is 11.6 Å². The molecule has 96 valence electrons. The second-order valence-electron chi connectivity index (χ2n) is 4.07. The van der Waals surface area contributed by atoms with Crippen molar-refractivity contribution in [2.24, 2.45) is 0 Å². The van der Waals surface area contributed by atoms with Crippen LogP contribution in [-0.2, 0) is 0 Å². The van der Waals surface area contributed by atoms with E-state index < -0.39 is 6.10 Å². The van der Waals surface area contributed by atoms with Crippen molar-refractivity contribution in [2.75, 3.05) is 0 Å². The molecule has 4 nitrogen and oxygen atoms in total. The Kier molecular flexibility index (Phi) is 3.98. The van der Waals surface area contributed by atoms with Crippen LogP contribution in [0, 0.1) is 18.3 Å². The number of ether oxygens (including phenoxy) is 1. The van der Waals surface area contributed by atoms with E-state index in [1.165, 1.54) is 0 Å². The van der Waals surface area contributed by atoms with E-state index in [2.05, 4.69) is 9.97 Å². The highest BCUT2D eigenvalue weighted by Crippen LogP contribution is 2.31. The molecule has 1 atom stereocenters. The molecule has 0 N–H and O–H groups in total. The molecule has 0 aliphatic heterocycles. The molecule has 5 heteroatoms. The van der Waals surface area contributed by atoms with Crippen LogP contribution in [0.4, 0.5) is 0 Å². The van der Waals surface area contributed by atoms with Crippen molar-refractivity contribution < 1.29 is 4.74 Å². The molecule has 0 saturated carbocycles. The molecular formula is C14H12ClN3O. The van der Waals surface area contributed by atoms with Crippen molar-refractivity contribution in [3.63, 3.8) is 0 Å². The molecule has 0 fully saturated rings. The van der Waals surface area contributed by atoms with E-state index in [1.54, 1.807) is 37.5 Å². The van der Waals surface area contributed by atoms with Gasteiger partial charge in [0.2, 0.25) is 0 Å². The van der Waals surface area contributed by atoms with Gasteiger partial charge in [0.05, 0.1) is 17.6 Å². The zero-order valence-electron chi connectivity index (χ0n) is 10.6. The predicted octanol–water partition coefficient (Wildman–Crippen LogP) is 3.40. The second kappa shape index (κ2) is 5.68. The lowest BCUT2D eigenvalue weighted by molar-refractivity contribution is 0.277. The van der Waals surface area contributed by atoms with Gasteiger partial charge in [-0.25, -0.2) is 0 Å². The number of nitriles is 1. The topological polar surface area (TPSA) is 58.8 Å². The normalized spacial score (nSPS) is 11.7. The Bertz CT molecular complexity index is 620. The van der Waals surface area contributed by atoms with E-state index in [0.717, 1.165) is 11.3 Å². The van der Waals surface area contributed by atoms with Gasteiger partial charge in [-0.3, -0.25) is 9.97 Å². The van der Waals surface area contributed by atoms with Gasteiger partial charge in [0.25, 0.3) is 0 Å². The van der Waals surface area contributed by atoms with E-state index in [0.29, 0.717) is 16.5 Å². The van der Waals surface area contributed by atoms with Gasteiger partial charge in [0.15, 0.2) is 6.10 Å². The number of nitrogens with zero attached hydrogens (tertiary/aromatic N) is 3. The summed E-state index contributed by atoms with van der Waals surface area (Å²) >= 11 is 5.96. The highest BCUT2D eigenvalue weighted by Gasteiger charge is 2.11. The van der Waals surface area contributed by atoms with Gasteiger partial charge in [0.1, 0.15) is 11.8 Å². The number of rotatable bonds is 3. The third kappa shape index (κ3) is 3.21. The summed E-state index contributed by atoms with van der Waals surface area (Å²) in [5.74, 6) is 0.528. The number of hydrogen-bond donors (Lipinski definition) is 0. The van der Waals surface area contributed by atoms with Crippen LogP contribution in [0.1, 0.15) is 12.6 Å². The maximum absolute atomic E-state index is 8.83. The molecule has 0 aliphatic rings. The van der Waals surface area contributed by atoms with Crippen molar-refractivity contribution in [1.29, 1.82) is 5.26 Å². The van der Waals surface area contributed by atoms with Crippen LogP contribution in [0.3, 0.4) is 0 Å². The van der Waals surface area contributed by atoms with E-state index in [4.69, 9.17) is 21.6 Å². The van der Waals surface area contributed by atoms with Crippen molar-refractivity contribution in [1.82, 2.24) is 9.97 Å². The lowest BCUT2D eigenvalue weighted by Crippen LogP contribution is -2.09. The van der Waals surface area contributed by atoms with Gasteiger partial charge < -0.3 is 4.74 Å². The average Bonchev–Trinajstić information content (AvgIpc) is 2.40. The molecule has 0 spiro atoms. The molecule has 1 aromatic carbocycles. The molecule has 0 aliphatic carbocycles. The molecule has 1 unspecified atom stereocenters. The molecule has 0 radical (unpaired) electrons. The Labute approximate surface area is 116 Å². The third-order valence-corrected chi connectivity index (χ3v) is 2.72. The lowest BCUT2D eigenvalue weighted by Gasteiger charge is -2.12. The molecule has 1 heterocycles. The van der Waals surface area contributed by atoms with E-state index in [-0.39, 0.29) is 0 Å². The first-order valence-corrected chi connectivity index (χ1v) is 6.13. The number of benzene rings is 1. The number of hydrogen-bond acceptors (Lipinski definition) is 4. The van der Waals surface area contributed by atoms with Gasteiger partial charge in [-0.2, -0.15) is 5.26 Å². The van der Waals surface area contributed by atoms with Gasteiger partial charge >= 0.3 is 0 Å². The number of aryl methyl sites for hydroxylation is 1. The minimum absolute atomic E-state index is 0.528. The summed E-state index contributed by atoms with van der Waals surface area (Å²) in [5, 5.41) is 9.37. The second-order valence-corrected chi connectivity index (χ2v) is 4.51. The highest BCUT2D eigenvalue weighted by molar-refractivity contribution is 6.30.